The van der Waals surface area contributed by atoms with Crippen LogP contribution in [0.25, 0.3) is 0 Å². The first-order chi connectivity index (χ1) is 7.83. The topological polar surface area (TPSA) is 27.7 Å². The van der Waals surface area contributed by atoms with Crippen molar-refractivity contribution in [3.8, 4) is 22.3 Å². The van der Waals surface area contributed by atoms with Crippen molar-refractivity contribution in [3.63, 3.8) is 0 Å². The number of ether oxygens (including phenoxy) is 3. The Morgan fingerprint density at radius 3 is 2.56 bits per heavy atom. The van der Waals surface area contributed by atoms with Crippen LogP contribution in [-0.4, -0.2) is 14.2 Å². The summed E-state index contributed by atoms with van der Waals surface area (Å²) >= 11 is 1.41. The molecule has 2 rings (SSSR count). The van der Waals surface area contributed by atoms with Crippen LogP contribution in [0.15, 0.2) is 30.3 Å². The fourth-order valence-corrected chi connectivity index (χ4v) is 1.77. The van der Waals surface area contributed by atoms with Gasteiger partial charge in [0, 0.05) is 11.4 Å². The van der Waals surface area contributed by atoms with Gasteiger partial charge in [0.05, 0.1) is 14.2 Å². The second-order valence-corrected chi connectivity index (χ2v) is 3.83. The van der Waals surface area contributed by atoms with E-state index in [0.29, 0.717) is 11.5 Å². The molecule has 0 aliphatic rings. The average Bonchev–Trinajstić information content (AvgIpc) is 2.82. The summed E-state index contributed by atoms with van der Waals surface area (Å²) < 4.78 is 16.0. The van der Waals surface area contributed by atoms with Crippen LogP contribution in [-0.2, 0) is 0 Å². The fraction of sp³-hybridized carbons (Fsp3) is 0.167. The SMILES string of the molecule is COc1ccc(OC)c(Oc2cc[c]s2)c1. The van der Waals surface area contributed by atoms with Crippen molar-refractivity contribution >= 4 is 11.3 Å². The molecule has 0 bridgehead atoms. The molecule has 16 heavy (non-hydrogen) atoms. The smallest absolute Gasteiger partial charge is 0.181 e. The number of hydrogen-bond acceptors (Lipinski definition) is 4. The Morgan fingerprint density at radius 1 is 1.06 bits per heavy atom. The van der Waals surface area contributed by atoms with Gasteiger partial charge >= 0.3 is 0 Å². The minimum absolute atomic E-state index is 0.637. The molecule has 0 saturated heterocycles. The van der Waals surface area contributed by atoms with Crippen molar-refractivity contribution in [2.75, 3.05) is 14.2 Å². The highest BCUT2D eigenvalue weighted by Gasteiger charge is 2.07. The lowest BCUT2D eigenvalue weighted by Crippen LogP contribution is -1.90. The summed E-state index contributed by atoms with van der Waals surface area (Å²) in [5.74, 6) is 2.04. The predicted molar refractivity (Wildman–Crippen MR) is 62.8 cm³/mol. The Bertz CT molecular complexity index is 451. The van der Waals surface area contributed by atoms with Crippen LogP contribution >= 0.6 is 11.3 Å². The van der Waals surface area contributed by atoms with Crippen LogP contribution in [0.2, 0.25) is 0 Å². The Labute approximate surface area is 98.2 Å². The van der Waals surface area contributed by atoms with Crippen LogP contribution in [0.5, 0.6) is 22.3 Å². The molecule has 1 heterocycles. The summed E-state index contributed by atoms with van der Waals surface area (Å²) in [4.78, 5) is 0. The molecule has 1 aromatic carbocycles. The van der Waals surface area contributed by atoms with Crippen molar-refractivity contribution in [2.24, 2.45) is 0 Å². The molecule has 1 radical (unpaired) electrons. The maximum Gasteiger partial charge on any atom is 0.181 e. The van der Waals surface area contributed by atoms with E-state index in [1.807, 2.05) is 24.3 Å². The van der Waals surface area contributed by atoms with Gasteiger partial charge in [-0.15, -0.1) is 0 Å². The second-order valence-electron chi connectivity index (χ2n) is 2.99. The Hall–Kier alpha value is -1.68. The van der Waals surface area contributed by atoms with Crippen molar-refractivity contribution in [2.45, 2.75) is 0 Å². The number of rotatable bonds is 4. The molecule has 0 N–H and O–H groups in total. The van der Waals surface area contributed by atoms with Crippen molar-refractivity contribution < 1.29 is 14.2 Å². The monoisotopic (exact) mass is 235 g/mol. The van der Waals surface area contributed by atoms with Gasteiger partial charge in [0.15, 0.2) is 16.6 Å². The highest BCUT2D eigenvalue weighted by molar-refractivity contribution is 7.11. The van der Waals surface area contributed by atoms with Crippen LogP contribution < -0.4 is 14.2 Å². The van der Waals surface area contributed by atoms with Gasteiger partial charge in [0.2, 0.25) is 0 Å². The maximum absolute atomic E-state index is 5.67. The summed E-state index contributed by atoms with van der Waals surface area (Å²) in [7, 11) is 3.22. The normalized spacial score (nSPS) is 9.88. The van der Waals surface area contributed by atoms with Crippen molar-refractivity contribution in [1.29, 1.82) is 0 Å². The molecule has 0 atom stereocenters. The largest absolute Gasteiger partial charge is 0.497 e. The minimum Gasteiger partial charge on any atom is -0.497 e. The molecule has 2 aromatic rings. The minimum atomic E-state index is 0.637. The van der Waals surface area contributed by atoms with Crippen molar-refractivity contribution in [3.05, 3.63) is 35.7 Å². The lowest BCUT2D eigenvalue weighted by Gasteiger charge is -2.10. The molecule has 0 spiro atoms. The van der Waals surface area contributed by atoms with Gasteiger partial charge in [-0.05, 0) is 24.3 Å². The van der Waals surface area contributed by atoms with Gasteiger partial charge < -0.3 is 14.2 Å². The lowest BCUT2D eigenvalue weighted by atomic mass is 10.3. The average molecular weight is 235 g/mol. The van der Waals surface area contributed by atoms with Gasteiger partial charge in [-0.25, -0.2) is 0 Å². The number of thiophene rings is 1. The van der Waals surface area contributed by atoms with Gasteiger partial charge in [-0.2, -0.15) is 0 Å². The molecule has 83 valence electrons. The Kier molecular flexibility index (Phi) is 3.31. The molecule has 4 heteroatoms. The van der Waals surface area contributed by atoms with Gasteiger partial charge in [-0.1, -0.05) is 11.3 Å². The van der Waals surface area contributed by atoms with Crippen LogP contribution in [0.1, 0.15) is 0 Å². The number of benzene rings is 1. The van der Waals surface area contributed by atoms with Crippen LogP contribution in [0.3, 0.4) is 0 Å². The molecular formula is C12H11O3S. The third-order valence-corrected chi connectivity index (χ3v) is 2.70. The third kappa shape index (κ3) is 2.28. The predicted octanol–water partition coefficient (Wildman–Crippen LogP) is 3.36. The van der Waals surface area contributed by atoms with E-state index in [-0.39, 0.29) is 0 Å². The molecule has 0 fully saturated rings. The molecule has 0 amide bonds. The Balaban J connectivity index is 2.30. The van der Waals surface area contributed by atoms with E-state index in [2.05, 4.69) is 5.38 Å². The summed E-state index contributed by atoms with van der Waals surface area (Å²) in [5.41, 5.74) is 0. The van der Waals surface area contributed by atoms with Crippen LogP contribution in [0.4, 0.5) is 0 Å². The molecule has 0 aliphatic carbocycles. The number of methoxy groups -OCH3 is 2. The quantitative estimate of drug-likeness (QED) is 0.813. The first-order valence-corrected chi connectivity index (χ1v) is 5.51. The third-order valence-electron chi connectivity index (χ3n) is 2.03. The number of hydrogen-bond donors (Lipinski definition) is 0. The zero-order chi connectivity index (χ0) is 11.4. The molecule has 1 aromatic heterocycles. The summed E-state index contributed by atoms with van der Waals surface area (Å²) in [6.07, 6.45) is 0. The summed E-state index contributed by atoms with van der Waals surface area (Å²) in [5, 5.41) is 3.73. The molecular weight excluding hydrogens is 224 g/mol. The molecule has 0 aliphatic heterocycles. The highest BCUT2D eigenvalue weighted by atomic mass is 32.1. The van der Waals surface area contributed by atoms with E-state index in [1.165, 1.54) is 11.3 Å². The maximum atomic E-state index is 5.67. The Morgan fingerprint density at radius 2 is 1.94 bits per heavy atom. The summed E-state index contributed by atoms with van der Waals surface area (Å²) in [6.45, 7) is 0. The van der Waals surface area contributed by atoms with Gasteiger partial charge in [0.1, 0.15) is 5.75 Å². The fourth-order valence-electron chi connectivity index (χ4n) is 1.26. The highest BCUT2D eigenvalue weighted by Crippen LogP contribution is 2.36. The first-order valence-electron chi connectivity index (χ1n) is 4.69. The van der Waals surface area contributed by atoms with E-state index < -0.39 is 0 Å². The lowest BCUT2D eigenvalue weighted by molar-refractivity contribution is 0.373. The van der Waals surface area contributed by atoms with E-state index in [0.717, 1.165) is 10.8 Å². The van der Waals surface area contributed by atoms with Crippen molar-refractivity contribution in [1.82, 2.24) is 0 Å². The second kappa shape index (κ2) is 4.90. The summed E-state index contributed by atoms with van der Waals surface area (Å²) in [6, 6.07) is 9.09. The molecule has 3 nitrogen and oxygen atoms in total. The van der Waals surface area contributed by atoms with Crippen LogP contribution in [0, 0.1) is 5.38 Å². The van der Waals surface area contributed by atoms with E-state index in [1.54, 1.807) is 20.3 Å². The van der Waals surface area contributed by atoms with Gasteiger partial charge in [0.25, 0.3) is 0 Å². The molecule has 0 saturated carbocycles. The first kappa shape index (κ1) is 10.8. The zero-order valence-corrected chi connectivity index (χ0v) is 9.84. The van der Waals surface area contributed by atoms with Gasteiger partial charge in [-0.3, -0.25) is 0 Å². The van der Waals surface area contributed by atoms with E-state index in [9.17, 15) is 0 Å². The molecule has 0 unspecified atom stereocenters. The zero-order valence-electron chi connectivity index (χ0n) is 9.02. The van der Waals surface area contributed by atoms with E-state index >= 15 is 0 Å². The van der Waals surface area contributed by atoms with E-state index in [4.69, 9.17) is 14.2 Å². The standard InChI is InChI=1S/C12H11O3S/c1-13-9-5-6-10(14-2)11(8-9)15-12-4-3-7-16-12/h3-6,8H,1-2H3.